The fourth-order valence-corrected chi connectivity index (χ4v) is 2.55. The van der Waals surface area contributed by atoms with Gasteiger partial charge < -0.3 is 14.3 Å². The number of aliphatic hydroxyl groups excluding tert-OH is 1. The number of nitrogens with zero attached hydrogens (tertiary/aromatic N) is 1. The fourth-order valence-electron chi connectivity index (χ4n) is 2.55. The van der Waals surface area contributed by atoms with Gasteiger partial charge in [-0.2, -0.15) is 0 Å². The summed E-state index contributed by atoms with van der Waals surface area (Å²) in [5.74, 6) is 0.580. The van der Waals surface area contributed by atoms with E-state index in [0.29, 0.717) is 5.56 Å². The summed E-state index contributed by atoms with van der Waals surface area (Å²) in [5.41, 5.74) is 1.38. The van der Waals surface area contributed by atoms with Crippen molar-refractivity contribution in [2.45, 2.75) is 32.0 Å². The Morgan fingerprint density at radius 3 is 2.76 bits per heavy atom. The van der Waals surface area contributed by atoms with E-state index in [2.05, 4.69) is 0 Å². The van der Waals surface area contributed by atoms with Crippen molar-refractivity contribution in [2.75, 3.05) is 0 Å². The number of hydrogen-bond acceptors (Lipinski definition) is 5. The van der Waals surface area contributed by atoms with E-state index in [0.717, 1.165) is 17.7 Å². The summed E-state index contributed by atoms with van der Waals surface area (Å²) in [5, 5.41) is 20.9. The van der Waals surface area contributed by atoms with Gasteiger partial charge in [0.15, 0.2) is 0 Å². The molecule has 1 aliphatic heterocycles. The number of aliphatic hydroxyl groups is 1. The minimum absolute atomic E-state index is 0.153. The lowest BCUT2D eigenvalue weighted by atomic mass is 9.98. The summed E-state index contributed by atoms with van der Waals surface area (Å²) in [6, 6.07) is 8.04. The third kappa shape index (κ3) is 2.50. The molecular formula is C15H15NO5. The first-order chi connectivity index (χ1) is 9.85. The van der Waals surface area contributed by atoms with Crippen LogP contribution in [0.15, 0.2) is 34.7 Å². The number of ether oxygens (including phenoxy) is 1. The molecule has 110 valence electrons. The number of fused-ring (bicyclic) bond motifs is 1. The minimum atomic E-state index is -1.03. The van der Waals surface area contributed by atoms with Gasteiger partial charge in [0.25, 0.3) is 0 Å². The second-order valence-corrected chi connectivity index (χ2v) is 5.74. The summed E-state index contributed by atoms with van der Waals surface area (Å²) >= 11 is 0. The smallest absolute Gasteiger partial charge is 0.433 e. The number of furan rings is 1. The lowest BCUT2D eigenvalue weighted by Gasteiger charge is -2.16. The molecule has 3 rings (SSSR count). The molecule has 6 heteroatoms. The third-order valence-electron chi connectivity index (χ3n) is 3.46. The topological polar surface area (TPSA) is 85.7 Å². The molecule has 1 N–H and O–H groups in total. The van der Waals surface area contributed by atoms with Crippen molar-refractivity contribution in [1.82, 2.24) is 0 Å². The lowest BCUT2D eigenvalue weighted by Crippen LogP contribution is -2.24. The Balaban J connectivity index is 1.89. The van der Waals surface area contributed by atoms with Crippen molar-refractivity contribution < 1.29 is 19.2 Å². The summed E-state index contributed by atoms with van der Waals surface area (Å²) in [7, 11) is 0. The number of benzene rings is 1. The number of rotatable bonds is 3. The first-order valence-corrected chi connectivity index (χ1v) is 6.60. The second-order valence-electron chi connectivity index (χ2n) is 5.74. The molecular weight excluding hydrogens is 274 g/mol. The fraction of sp³-hybridized carbons (Fsp3) is 0.333. The van der Waals surface area contributed by atoms with Crippen LogP contribution in [-0.2, 0) is 6.42 Å². The Morgan fingerprint density at radius 2 is 2.10 bits per heavy atom. The molecule has 6 nitrogen and oxygen atoms in total. The largest absolute Gasteiger partial charge is 0.487 e. The Morgan fingerprint density at radius 1 is 1.33 bits per heavy atom. The van der Waals surface area contributed by atoms with Crippen molar-refractivity contribution in [3.63, 3.8) is 0 Å². The number of hydrogen-bond donors (Lipinski definition) is 1. The van der Waals surface area contributed by atoms with Crippen LogP contribution in [0.2, 0.25) is 0 Å². The molecule has 0 aliphatic carbocycles. The van der Waals surface area contributed by atoms with E-state index < -0.39 is 11.0 Å². The van der Waals surface area contributed by atoms with Gasteiger partial charge in [-0.3, -0.25) is 10.1 Å². The van der Waals surface area contributed by atoms with Gasteiger partial charge in [-0.1, -0.05) is 6.07 Å². The molecule has 1 unspecified atom stereocenters. The second kappa shape index (κ2) is 4.60. The monoisotopic (exact) mass is 289 g/mol. The van der Waals surface area contributed by atoms with Crippen LogP contribution in [0, 0.1) is 10.1 Å². The Hall–Kier alpha value is -2.34. The first-order valence-electron chi connectivity index (χ1n) is 6.60. The highest BCUT2D eigenvalue weighted by Crippen LogP contribution is 2.37. The molecule has 21 heavy (non-hydrogen) atoms. The zero-order valence-corrected chi connectivity index (χ0v) is 11.7. The van der Waals surface area contributed by atoms with Gasteiger partial charge in [-0.25, -0.2) is 0 Å². The van der Waals surface area contributed by atoms with E-state index in [4.69, 9.17) is 9.15 Å². The highest BCUT2D eigenvalue weighted by molar-refractivity contribution is 5.43. The van der Waals surface area contributed by atoms with Crippen LogP contribution in [0.25, 0.3) is 0 Å². The first kappa shape index (κ1) is 13.6. The zero-order chi connectivity index (χ0) is 15.2. The van der Waals surface area contributed by atoms with Crippen molar-refractivity contribution in [3.05, 3.63) is 57.3 Å². The maximum absolute atomic E-state index is 10.6. The summed E-state index contributed by atoms with van der Waals surface area (Å²) in [6.07, 6.45) is -0.283. The molecule has 0 fully saturated rings. The predicted molar refractivity (Wildman–Crippen MR) is 74.3 cm³/mol. The average Bonchev–Trinajstić information content (AvgIpc) is 2.99. The maximum Gasteiger partial charge on any atom is 0.433 e. The molecule has 0 saturated carbocycles. The number of nitro groups is 1. The highest BCUT2D eigenvalue weighted by atomic mass is 16.6. The highest BCUT2D eigenvalue weighted by Gasteiger charge is 2.31. The van der Waals surface area contributed by atoms with Crippen LogP contribution in [0.4, 0.5) is 5.88 Å². The van der Waals surface area contributed by atoms with E-state index in [-0.39, 0.29) is 17.2 Å². The van der Waals surface area contributed by atoms with E-state index in [1.807, 2.05) is 19.9 Å². The SMILES string of the molecule is CC1(C)Cc2cc(C(O)c3ccc([N+](=O)[O-])o3)ccc2O1. The molecule has 0 amide bonds. The van der Waals surface area contributed by atoms with Gasteiger partial charge in [0.1, 0.15) is 28.1 Å². The van der Waals surface area contributed by atoms with Crippen molar-refractivity contribution >= 4 is 5.88 Å². The normalized spacial score (nSPS) is 17.1. The maximum atomic E-state index is 10.6. The Bertz CT molecular complexity index is 704. The zero-order valence-electron chi connectivity index (χ0n) is 11.7. The van der Waals surface area contributed by atoms with E-state index in [9.17, 15) is 15.2 Å². The van der Waals surface area contributed by atoms with Crippen LogP contribution >= 0.6 is 0 Å². The third-order valence-corrected chi connectivity index (χ3v) is 3.46. The minimum Gasteiger partial charge on any atom is -0.487 e. The van der Waals surface area contributed by atoms with Gasteiger partial charge in [0.05, 0.1) is 6.07 Å². The molecule has 1 aromatic carbocycles. The Kier molecular flexibility index (Phi) is 2.98. The van der Waals surface area contributed by atoms with Gasteiger partial charge in [0, 0.05) is 6.42 Å². The van der Waals surface area contributed by atoms with Gasteiger partial charge in [0.2, 0.25) is 0 Å². The summed E-state index contributed by atoms with van der Waals surface area (Å²) in [6.45, 7) is 4.00. The molecule has 2 aromatic rings. The van der Waals surface area contributed by atoms with Crippen LogP contribution < -0.4 is 4.74 Å². The summed E-state index contributed by atoms with van der Waals surface area (Å²) < 4.78 is 10.8. The molecule has 0 saturated heterocycles. The molecule has 0 bridgehead atoms. The van der Waals surface area contributed by atoms with Crippen molar-refractivity contribution in [2.24, 2.45) is 0 Å². The van der Waals surface area contributed by atoms with E-state index in [1.165, 1.54) is 12.1 Å². The molecule has 1 aromatic heterocycles. The standard InChI is InChI=1S/C15H15NO5/c1-15(2)8-10-7-9(3-4-11(10)21-15)14(17)12-5-6-13(20-12)16(18)19/h3-7,14,17H,8H2,1-2H3. The molecule has 2 heterocycles. The van der Waals surface area contributed by atoms with Crippen LogP contribution in [-0.4, -0.2) is 15.6 Å². The molecule has 0 spiro atoms. The van der Waals surface area contributed by atoms with Crippen molar-refractivity contribution in [1.29, 1.82) is 0 Å². The van der Waals surface area contributed by atoms with Gasteiger partial charge in [-0.05, 0) is 43.2 Å². The van der Waals surface area contributed by atoms with Crippen LogP contribution in [0.3, 0.4) is 0 Å². The quantitative estimate of drug-likeness (QED) is 0.693. The van der Waals surface area contributed by atoms with Crippen molar-refractivity contribution in [3.8, 4) is 5.75 Å². The molecule has 1 atom stereocenters. The average molecular weight is 289 g/mol. The molecule has 0 radical (unpaired) electrons. The van der Waals surface area contributed by atoms with E-state index in [1.54, 1.807) is 12.1 Å². The van der Waals surface area contributed by atoms with Crippen LogP contribution in [0.5, 0.6) is 5.75 Å². The van der Waals surface area contributed by atoms with Gasteiger partial charge in [-0.15, -0.1) is 0 Å². The van der Waals surface area contributed by atoms with Crippen LogP contribution in [0.1, 0.15) is 36.8 Å². The van der Waals surface area contributed by atoms with Gasteiger partial charge >= 0.3 is 5.88 Å². The Labute approximate surface area is 121 Å². The lowest BCUT2D eigenvalue weighted by molar-refractivity contribution is -0.402. The van der Waals surface area contributed by atoms with E-state index >= 15 is 0 Å². The predicted octanol–water partition coefficient (Wildman–Crippen LogP) is 2.98. The summed E-state index contributed by atoms with van der Waals surface area (Å²) in [4.78, 5) is 9.98. The molecule has 1 aliphatic rings.